The number of rotatable bonds is 8. The Hall–Kier alpha value is -2.09. The van der Waals surface area contributed by atoms with Gasteiger partial charge < -0.3 is 14.5 Å². The number of ether oxygens (including phenoxy) is 1. The first-order valence-corrected chi connectivity index (χ1v) is 11.4. The Labute approximate surface area is 182 Å². The van der Waals surface area contributed by atoms with Crippen LogP contribution in [0.5, 0.6) is 5.75 Å². The highest BCUT2D eigenvalue weighted by atomic mass is 79.9. The number of amides is 1. The zero-order chi connectivity index (χ0) is 20.1. The summed E-state index contributed by atoms with van der Waals surface area (Å²) in [7, 11) is 0. The van der Waals surface area contributed by atoms with E-state index in [-0.39, 0.29) is 18.6 Å². The molecule has 1 aromatic carbocycles. The normalized spacial score (nSPS) is 15.3. The maximum absolute atomic E-state index is 12.6. The molecule has 5 nitrogen and oxygen atoms in total. The summed E-state index contributed by atoms with van der Waals surface area (Å²) < 4.78 is 12.4. The summed E-state index contributed by atoms with van der Waals surface area (Å²) in [5.74, 6) is 1.49. The van der Waals surface area contributed by atoms with Crippen LogP contribution < -0.4 is 10.1 Å². The first-order chi connectivity index (χ1) is 14.2. The number of likely N-dealkylation sites (tertiary alicyclic amines) is 1. The molecule has 0 aliphatic carbocycles. The van der Waals surface area contributed by atoms with E-state index in [0.29, 0.717) is 18.1 Å². The average molecular weight is 475 g/mol. The van der Waals surface area contributed by atoms with Crippen molar-refractivity contribution in [2.75, 3.05) is 19.6 Å². The van der Waals surface area contributed by atoms with Crippen LogP contribution in [0.1, 0.15) is 40.1 Å². The van der Waals surface area contributed by atoms with E-state index >= 15 is 0 Å². The van der Waals surface area contributed by atoms with Crippen molar-refractivity contribution in [2.45, 2.75) is 25.5 Å². The van der Waals surface area contributed by atoms with Crippen molar-refractivity contribution in [3.05, 3.63) is 74.8 Å². The SMILES string of the molecule is O=C(NCC(c1cccs1)N1CCCC1)c1ccc(COc2ccc(Br)cc2)o1. The summed E-state index contributed by atoms with van der Waals surface area (Å²) in [6.45, 7) is 3.01. The predicted molar refractivity (Wildman–Crippen MR) is 117 cm³/mol. The summed E-state index contributed by atoms with van der Waals surface area (Å²) in [6, 6.07) is 15.5. The maximum Gasteiger partial charge on any atom is 0.287 e. The molecule has 1 atom stereocenters. The lowest BCUT2D eigenvalue weighted by molar-refractivity contribution is 0.0906. The zero-order valence-corrected chi connectivity index (χ0v) is 18.4. The fourth-order valence-electron chi connectivity index (χ4n) is 3.48. The van der Waals surface area contributed by atoms with Crippen LogP contribution in [-0.2, 0) is 6.61 Å². The van der Waals surface area contributed by atoms with Crippen molar-refractivity contribution in [2.24, 2.45) is 0 Å². The van der Waals surface area contributed by atoms with Gasteiger partial charge in [-0.2, -0.15) is 0 Å². The third kappa shape index (κ3) is 5.29. The smallest absolute Gasteiger partial charge is 0.287 e. The molecule has 1 aliphatic rings. The van der Waals surface area contributed by atoms with Crippen LogP contribution in [0.4, 0.5) is 0 Å². The first kappa shape index (κ1) is 20.2. The van der Waals surface area contributed by atoms with E-state index in [0.717, 1.165) is 23.3 Å². The van der Waals surface area contributed by atoms with Gasteiger partial charge in [0, 0.05) is 15.9 Å². The highest BCUT2D eigenvalue weighted by Crippen LogP contribution is 2.28. The molecule has 0 saturated carbocycles. The number of nitrogens with zero attached hydrogens (tertiary/aromatic N) is 1. The molecule has 1 unspecified atom stereocenters. The van der Waals surface area contributed by atoms with Gasteiger partial charge in [-0.1, -0.05) is 22.0 Å². The molecule has 3 heterocycles. The number of hydrogen-bond donors (Lipinski definition) is 1. The summed E-state index contributed by atoms with van der Waals surface area (Å²) in [5, 5.41) is 5.13. The van der Waals surface area contributed by atoms with Gasteiger partial charge in [0.2, 0.25) is 0 Å². The second-order valence-electron chi connectivity index (χ2n) is 6.99. The number of carbonyl (C=O) groups excluding carboxylic acids is 1. The minimum atomic E-state index is -0.194. The lowest BCUT2D eigenvalue weighted by atomic mass is 10.2. The minimum Gasteiger partial charge on any atom is -0.486 e. The van der Waals surface area contributed by atoms with Crippen LogP contribution in [0.2, 0.25) is 0 Å². The second-order valence-corrected chi connectivity index (χ2v) is 8.89. The Kier molecular flexibility index (Phi) is 6.69. The van der Waals surface area contributed by atoms with Gasteiger partial charge in [-0.15, -0.1) is 11.3 Å². The van der Waals surface area contributed by atoms with Gasteiger partial charge in [-0.05, 0) is 73.8 Å². The maximum atomic E-state index is 12.6. The van der Waals surface area contributed by atoms with Gasteiger partial charge in [0.05, 0.1) is 6.04 Å². The lowest BCUT2D eigenvalue weighted by Crippen LogP contribution is -2.36. The standard InChI is InChI=1S/C22H23BrN2O3S/c23-16-5-7-17(8-6-16)27-15-18-9-10-20(28-18)22(26)24-14-19(21-4-3-13-29-21)25-11-1-2-12-25/h3-10,13,19H,1-2,11-12,14-15H2,(H,24,26). The third-order valence-corrected chi connectivity index (χ3v) is 6.49. The molecular formula is C22H23BrN2O3S. The monoisotopic (exact) mass is 474 g/mol. The summed E-state index contributed by atoms with van der Waals surface area (Å²) in [6.07, 6.45) is 2.44. The van der Waals surface area contributed by atoms with Gasteiger partial charge in [-0.3, -0.25) is 9.69 Å². The molecule has 1 N–H and O–H groups in total. The Morgan fingerprint density at radius 1 is 1.17 bits per heavy atom. The molecule has 152 valence electrons. The van der Waals surface area contributed by atoms with Gasteiger partial charge in [0.15, 0.2) is 5.76 Å². The van der Waals surface area contributed by atoms with Crippen LogP contribution in [0.15, 0.2) is 62.8 Å². The Morgan fingerprint density at radius 3 is 2.69 bits per heavy atom. The topological polar surface area (TPSA) is 54.7 Å². The van der Waals surface area contributed by atoms with Gasteiger partial charge >= 0.3 is 0 Å². The molecule has 4 rings (SSSR count). The Bertz CT molecular complexity index is 918. The van der Waals surface area contributed by atoms with Gasteiger partial charge in [-0.25, -0.2) is 0 Å². The van der Waals surface area contributed by atoms with Crippen molar-refractivity contribution in [1.29, 1.82) is 0 Å². The zero-order valence-electron chi connectivity index (χ0n) is 16.0. The number of nitrogens with one attached hydrogen (secondary N) is 1. The van der Waals surface area contributed by atoms with Crippen LogP contribution >= 0.6 is 27.3 Å². The van der Waals surface area contributed by atoms with E-state index < -0.39 is 0 Å². The van der Waals surface area contributed by atoms with E-state index in [9.17, 15) is 4.79 Å². The van der Waals surface area contributed by atoms with Crippen LogP contribution in [0.25, 0.3) is 0 Å². The van der Waals surface area contributed by atoms with E-state index in [4.69, 9.17) is 9.15 Å². The van der Waals surface area contributed by atoms with Crippen LogP contribution in [0, 0.1) is 0 Å². The molecule has 1 fully saturated rings. The molecule has 0 radical (unpaired) electrons. The fraction of sp³-hybridized carbons (Fsp3) is 0.318. The molecule has 0 spiro atoms. The number of furan rings is 1. The molecule has 2 aromatic heterocycles. The van der Waals surface area contributed by atoms with Crippen molar-refractivity contribution < 1.29 is 13.9 Å². The third-order valence-electron chi connectivity index (χ3n) is 4.99. The van der Waals surface area contributed by atoms with Crippen molar-refractivity contribution in [3.8, 4) is 5.75 Å². The Morgan fingerprint density at radius 2 is 1.97 bits per heavy atom. The highest BCUT2D eigenvalue weighted by molar-refractivity contribution is 9.10. The number of carbonyl (C=O) groups is 1. The molecule has 1 amide bonds. The summed E-state index contributed by atoms with van der Waals surface area (Å²) >= 11 is 5.14. The molecule has 29 heavy (non-hydrogen) atoms. The largest absolute Gasteiger partial charge is 0.486 e. The van der Waals surface area contributed by atoms with Crippen molar-refractivity contribution >= 4 is 33.2 Å². The van der Waals surface area contributed by atoms with Crippen LogP contribution in [-0.4, -0.2) is 30.4 Å². The lowest BCUT2D eigenvalue weighted by Gasteiger charge is -2.26. The highest BCUT2D eigenvalue weighted by Gasteiger charge is 2.25. The van der Waals surface area contributed by atoms with E-state index in [1.807, 2.05) is 24.3 Å². The first-order valence-electron chi connectivity index (χ1n) is 9.72. The second kappa shape index (κ2) is 9.61. The van der Waals surface area contributed by atoms with Crippen molar-refractivity contribution in [1.82, 2.24) is 10.2 Å². The number of halogens is 1. The van der Waals surface area contributed by atoms with E-state index in [1.165, 1.54) is 17.7 Å². The molecule has 0 bridgehead atoms. The van der Waals surface area contributed by atoms with E-state index in [2.05, 4.69) is 43.7 Å². The Balaban J connectivity index is 1.33. The van der Waals surface area contributed by atoms with Gasteiger partial charge in [0.1, 0.15) is 18.1 Å². The molecule has 1 aliphatic heterocycles. The summed E-state index contributed by atoms with van der Waals surface area (Å²) in [4.78, 5) is 16.3. The van der Waals surface area contributed by atoms with Gasteiger partial charge in [0.25, 0.3) is 5.91 Å². The quantitative estimate of drug-likeness (QED) is 0.484. The average Bonchev–Trinajstić information content (AvgIpc) is 3.50. The van der Waals surface area contributed by atoms with Crippen LogP contribution in [0.3, 0.4) is 0 Å². The number of thiophene rings is 1. The van der Waals surface area contributed by atoms with Crippen molar-refractivity contribution in [3.63, 3.8) is 0 Å². The molecule has 1 saturated heterocycles. The molecule has 3 aromatic rings. The number of hydrogen-bond acceptors (Lipinski definition) is 5. The predicted octanol–water partition coefficient (Wildman–Crippen LogP) is 5.25. The molecular weight excluding hydrogens is 452 g/mol. The number of benzene rings is 1. The minimum absolute atomic E-state index is 0.194. The summed E-state index contributed by atoms with van der Waals surface area (Å²) in [5.41, 5.74) is 0. The van der Waals surface area contributed by atoms with E-state index in [1.54, 1.807) is 23.5 Å². The fourth-order valence-corrected chi connectivity index (χ4v) is 4.61. The molecule has 7 heteroatoms.